The quantitative estimate of drug-likeness (QED) is 0.505. The van der Waals surface area contributed by atoms with E-state index in [1.807, 2.05) is 23.1 Å². The van der Waals surface area contributed by atoms with Crippen LogP contribution in [0.5, 0.6) is 5.75 Å². The lowest BCUT2D eigenvalue weighted by molar-refractivity contribution is -0.134. The molecule has 0 fully saturated rings. The first-order chi connectivity index (χ1) is 16.1. The summed E-state index contributed by atoms with van der Waals surface area (Å²) in [6.45, 7) is 1.31. The molecule has 1 aliphatic rings. The molecule has 0 saturated heterocycles. The minimum Gasteiger partial charge on any atom is -0.497 e. The molecule has 0 radical (unpaired) electrons. The first-order valence-electron chi connectivity index (χ1n) is 10.9. The summed E-state index contributed by atoms with van der Waals surface area (Å²) in [6.07, 6.45) is 0.826. The molecule has 2 amide bonds. The van der Waals surface area contributed by atoms with Gasteiger partial charge in [0.15, 0.2) is 0 Å². The maximum Gasteiger partial charge on any atom is 0.254 e. The number of amides is 2. The SMILES string of the molecule is COCCN(CC(=O)N1CCc2sccc2C1c1ccccc1)C(=O)c1ccc(OC)cc1. The van der Waals surface area contributed by atoms with Crippen molar-refractivity contribution in [3.8, 4) is 5.75 Å². The van der Waals surface area contributed by atoms with Gasteiger partial charge in [0, 0.05) is 30.6 Å². The predicted octanol–water partition coefficient (Wildman–Crippen LogP) is 4.02. The van der Waals surface area contributed by atoms with Crippen molar-refractivity contribution in [2.24, 2.45) is 0 Å². The number of fused-ring (bicyclic) bond motifs is 1. The van der Waals surface area contributed by atoms with Gasteiger partial charge in [-0.3, -0.25) is 9.59 Å². The molecule has 7 heteroatoms. The van der Waals surface area contributed by atoms with E-state index in [4.69, 9.17) is 9.47 Å². The summed E-state index contributed by atoms with van der Waals surface area (Å²) in [7, 11) is 3.17. The van der Waals surface area contributed by atoms with E-state index in [1.54, 1.807) is 54.7 Å². The molecule has 1 unspecified atom stereocenters. The van der Waals surface area contributed by atoms with Gasteiger partial charge in [0.25, 0.3) is 5.91 Å². The summed E-state index contributed by atoms with van der Waals surface area (Å²) < 4.78 is 10.4. The maximum atomic E-state index is 13.6. The normalized spacial score (nSPS) is 15.1. The van der Waals surface area contributed by atoms with Gasteiger partial charge in [0.05, 0.1) is 19.8 Å². The van der Waals surface area contributed by atoms with Crippen molar-refractivity contribution in [1.29, 1.82) is 0 Å². The minimum atomic E-state index is -0.201. The summed E-state index contributed by atoms with van der Waals surface area (Å²) in [6, 6.07) is 19.0. The Balaban J connectivity index is 1.58. The van der Waals surface area contributed by atoms with Crippen LogP contribution in [-0.2, 0) is 16.0 Å². The zero-order chi connectivity index (χ0) is 23.2. The van der Waals surface area contributed by atoms with Crippen LogP contribution < -0.4 is 4.74 Å². The lowest BCUT2D eigenvalue weighted by Crippen LogP contribution is -2.47. The van der Waals surface area contributed by atoms with Crippen molar-refractivity contribution < 1.29 is 19.1 Å². The van der Waals surface area contributed by atoms with Crippen molar-refractivity contribution in [3.63, 3.8) is 0 Å². The number of ether oxygens (including phenoxy) is 2. The second-order valence-electron chi connectivity index (χ2n) is 7.90. The third-order valence-electron chi connectivity index (χ3n) is 5.92. The molecule has 6 nitrogen and oxygen atoms in total. The highest BCUT2D eigenvalue weighted by Crippen LogP contribution is 2.37. The Hall–Kier alpha value is -3.16. The molecule has 0 saturated carbocycles. The van der Waals surface area contributed by atoms with Crippen LogP contribution in [0.4, 0.5) is 0 Å². The Kier molecular flexibility index (Phi) is 7.42. The van der Waals surface area contributed by atoms with E-state index >= 15 is 0 Å². The van der Waals surface area contributed by atoms with E-state index < -0.39 is 0 Å². The summed E-state index contributed by atoms with van der Waals surface area (Å²) in [5.74, 6) is 0.405. The largest absolute Gasteiger partial charge is 0.497 e. The van der Waals surface area contributed by atoms with Gasteiger partial charge in [0.1, 0.15) is 12.3 Å². The molecule has 33 heavy (non-hydrogen) atoms. The van der Waals surface area contributed by atoms with Crippen molar-refractivity contribution in [2.45, 2.75) is 12.5 Å². The average Bonchev–Trinajstić information content (AvgIpc) is 3.35. The van der Waals surface area contributed by atoms with E-state index in [9.17, 15) is 9.59 Å². The van der Waals surface area contributed by atoms with Crippen LogP contribution in [0.3, 0.4) is 0 Å². The van der Waals surface area contributed by atoms with E-state index in [0.29, 0.717) is 31.0 Å². The highest BCUT2D eigenvalue weighted by Gasteiger charge is 2.34. The molecule has 0 N–H and O–H groups in total. The van der Waals surface area contributed by atoms with Gasteiger partial charge in [-0.15, -0.1) is 11.3 Å². The monoisotopic (exact) mass is 464 g/mol. The lowest BCUT2D eigenvalue weighted by atomic mass is 9.93. The molecule has 3 aromatic rings. The zero-order valence-corrected chi connectivity index (χ0v) is 19.7. The number of benzene rings is 2. The molecule has 2 aromatic carbocycles. The van der Waals surface area contributed by atoms with Crippen molar-refractivity contribution in [1.82, 2.24) is 9.80 Å². The van der Waals surface area contributed by atoms with Crippen LogP contribution >= 0.6 is 11.3 Å². The molecule has 172 valence electrons. The molecule has 1 aliphatic heterocycles. The smallest absolute Gasteiger partial charge is 0.254 e. The Morgan fingerprint density at radius 3 is 2.52 bits per heavy atom. The van der Waals surface area contributed by atoms with Gasteiger partial charge in [0.2, 0.25) is 5.91 Å². The Morgan fingerprint density at radius 2 is 1.82 bits per heavy atom. The lowest BCUT2D eigenvalue weighted by Gasteiger charge is -2.37. The van der Waals surface area contributed by atoms with E-state index in [-0.39, 0.29) is 24.4 Å². The summed E-state index contributed by atoms with van der Waals surface area (Å²) in [5, 5.41) is 2.09. The van der Waals surface area contributed by atoms with Gasteiger partial charge in [-0.05, 0) is 53.3 Å². The van der Waals surface area contributed by atoms with Crippen molar-refractivity contribution in [3.05, 3.63) is 87.6 Å². The Morgan fingerprint density at radius 1 is 1.06 bits per heavy atom. The van der Waals surface area contributed by atoms with Crippen LogP contribution in [0, 0.1) is 0 Å². The fourth-order valence-electron chi connectivity index (χ4n) is 4.20. The molecular weight excluding hydrogens is 436 g/mol. The topological polar surface area (TPSA) is 59.1 Å². The predicted molar refractivity (Wildman–Crippen MR) is 129 cm³/mol. The van der Waals surface area contributed by atoms with Gasteiger partial charge >= 0.3 is 0 Å². The van der Waals surface area contributed by atoms with E-state index in [1.165, 1.54) is 10.4 Å². The van der Waals surface area contributed by atoms with Gasteiger partial charge < -0.3 is 19.3 Å². The number of carbonyl (C=O) groups excluding carboxylic acids is 2. The second-order valence-corrected chi connectivity index (χ2v) is 8.90. The highest BCUT2D eigenvalue weighted by atomic mass is 32.1. The summed E-state index contributed by atoms with van der Waals surface area (Å²) in [4.78, 5) is 31.6. The van der Waals surface area contributed by atoms with Crippen LogP contribution in [0.2, 0.25) is 0 Å². The van der Waals surface area contributed by atoms with Gasteiger partial charge in [-0.25, -0.2) is 0 Å². The number of nitrogens with zero attached hydrogens (tertiary/aromatic N) is 2. The molecule has 0 aliphatic carbocycles. The van der Waals surface area contributed by atoms with Gasteiger partial charge in [-0.2, -0.15) is 0 Å². The second kappa shape index (κ2) is 10.6. The third-order valence-corrected chi connectivity index (χ3v) is 6.91. The van der Waals surface area contributed by atoms with Crippen molar-refractivity contribution >= 4 is 23.2 Å². The Labute approximate surface area is 198 Å². The number of thiophene rings is 1. The standard InChI is InChI=1S/C26H28N2O4S/c1-31-16-15-27(26(30)20-8-10-21(32-2)11-9-20)18-24(29)28-14-12-23-22(13-17-33-23)25(28)19-6-4-3-5-7-19/h3-11,13,17,25H,12,14-16,18H2,1-2H3. The molecule has 1 atom stereocenters. The fraction of sp³-hybridized carbons (Fsp3) is 0.308. The zero-order valence-electron chi connectivity index (χ0n) is 18.9. The van der Waals surface area contributed by atoms with Crippen LogP contribution in [0.1, 0.15) is 32.4 Å². The number of methoxy groups -OCH3 is 2. The number of carbonyl (C=O) groups is 2. The molecule has 1 aromatic heterocycles. The molecule has 2 heterocycles. The summed E-state index contributed by atoms with van der Waals surface area (Å²) >= 11 is 1.74. The number of hydrogen-bond acceptors (Lipinski definition) is 5. The minimum absolute atomic E-state index is 0.00295. The fourth-order valence-corrected chi connectivity index (χ4v) is 5.11. The van der Waals surface area contributed by atoms with Crippen molar-refractivity contribution in [2.75, 3.05) is 40.5 Å². The van der Waals surface area contributed by atoms with E-state index in [2.05, 4.69) is 23.6 Å². The Bertz CT molecular complexity index is 1080. The summed E-state index contributed by atoms with van der Waals surface area (Å²) in [5.41, 5.74) is 2.77. The first kappa shape index (κ1) is 23.0. The molecular formula is C26H28N2O4S. The maximum absolute atomic E-state index is 13.6. The molecule has 0 bridgehead atoms. The van der Waals surface area contributed by atoms with Crippen LogP contribution in [-0.4, -0.2) is 62.1 Å². The average molecular weight is 465 g/mol. The van der Waals surface area contributed by atoms with Gasteiger partial charge in [-0.1, -0.05) is 30.3 Å². The molecule has 0 spiro atoms. The number of rotatable bonds is 8. The van der Waals surface area contributed by atoms with E-state index in [0.717, 1.165) is 12.0 Å². The third kappa shape index (κ3) is 5.10. The highest BCUT2D eigenvalue weighted by molar-refractivity contribution is 7.10. The number of hydrogen-bond donors (Lipinski definition) is 0. The molecule has 4 rings (SSSR count). The van der Waals surface area contributed by atoms with Crippen LogP contribution in [0.15, 0.2) is 66.0 Å². The van der Waals surface area contributed by atoms with Crippen LogP contribution in [0.25, 0.3) is 0 Å². The first-order valence-corrected chi connectivity index (χ1v) is 11.8.